The number of ether oxygens (including phenoxy) is 1. The molecule has 0 bridgehead atoms. The standard InChI is InChI=1S/C25H24ClN5O3/c1-4-27-22-15-19(12-13-28-22)34-18-10-11-21(20(26)14-18)29-24(32)23-16(2)30(3)31(25(23)33)17-8-6-5-7-9-17/h5-15H,4H2,1-3H3,(H,27,28)(H,29,32). The molecule has 2 aromatic heterocycles. The molecule has 0 atom stereocenters. The summed E-state index contributed by atoms with van der Waals surface area (Å²) in [6.45, 7) is 4.45. The highest BCUT2D eigenvalue weighted by atomic mass is 35.5. The maximum atomic E-state index is 13.1. The summed E-state index contributed by atoms with van der Waals surface area (Å²) >= 11 is 6.41. The molecule has 4 aromatic rings. The van der Waals surface area contributed by atoms with E-state index in [0.717, 1.165) is 6.54 Å². The minimum Gasteiger partial charge on any atom is -0.457 e. The van der Waals surface area contributed by atoms with Gasteiger partial charge in [-0.05, 0) is 44.2 Å². The first-order valence-corrected chi connectivity index (χ1v) is 11.1. The predicted molar refractivity (Wildman–Crippen MR) is 134 cm³/mol. The summed E-state index contributed by atoms with van der Waals surface area (Å²) in [6, 6.07) is 17.6. The van der Waals surface area contributed by atoms with Gasteiger partial charge in [-0.2, -0.15) is 0 Å². The Hall–Kier alpha value is -4.04. The molecular formula is C25H24ClN5O3. The van der Waals surface area contributed by atoms with Gasteiger partial charge in [0.15, 0.2) is 0 Å². The van der Waals surface area contributed by atoms with Crippen LogP contribution in [0.5, 0.6) is 11.5 Å². The number of aromatic nitrogens is 3. The van der Waals surface area contributed by atoms with Crippen LogP contribution in [-0.4, -0.2) is 26.8 Å². The number of rotatable bonds is 7. The third-order valence-electron chi connectivity index (χ3n) is 5.30. The van der Waals surface area contributed by atoms with Crippen molar-refractivity contribution in [2.75, 3.05) is 17.2 Å². The SMILES string of the molecule is CCNc1cc(Oc2ccc(NC(=O)c3c(C)n(C)n(-c4ccccc4)c3=O)c(Cl)c2)ccn1. The highest BCUT2D eigenvalue weighted by Gasteiger charge is 2.23. The maximum absolute atomic E-state index is 13.1. The summed E-state index contributed by atoms with van der Waals surface area (Å²) in [4.78, 5) is 30.3. The number of amides is 1. The first-order chi connectivity index (χ1) is 16.4. The third kappa shape index (κ3) is 4.67. The number of nitrogens with zero attached hydrogens (tertiary/aromatic N) is 3. The lowest BCUT2D eigenvalue weighted by Crippen LogP contribution is -2.25. The van der Waals surface area contributed by atoms with E-state index in [-0.39, 0.29) is 10.6 Å². The van der Waals surface area contributed by atoms with Crippen molar-refractivity contribution in [3.05, 3.63) is 93.5 Å². The van der Waals surface area contributed by atoms with Crippen molar-refractivity contribution in [2.24, 2.45) is 7.05 Å². The number of carbonyl (C=O) groups excluding carboxylic acids is 1. The normalized spacial score (nSPS) is 10.7. The van der Waals surface area contributed by atoms with Gasteiger partial charge < -0.3 is 15.4 Å². The molecule has 2 aromatic carbocycles. The van der Waals surface area contributed by atoms with Gasteiger partial charge >= 0.3 is 0 Å². The van der Waals surface area contributed by atoms with Gasteiger partial charge in [0.05, 0.1) is 22.1 Å². The van der Waals surface area contributed by atoms with Crippen molar-refractivity contribution in [1.82, 2.24) is 14.3 Å². The number of nitrogens with one attached hydrogen (secondary N) is 2. The molecule has 8 nitrogen and oxygen atoms in total. The Labute approximate surface area is 201 Å². The molecule has 0 saturated heterocycles. The van der Waals surface area contributed by atoms with Crippen LogP contribution in [-0.2, 0) is 7.05 Å². The summed E-state index contributed by atoms with van der Waals surface area (Å²) in [5.74, 6) is 1.27. The Morgan fingerprint density at radius 3 is 2.53 bits per heavy atom. The predicted octanol–water partition coefficient (Wildman–Crippen LogP) is 5.01. The fourth-order valence-corrected chi connectivity index (χ4v) is 3.78. The number of halogens is 1. The van der Waals surface area contributed by atoms with Crippen molar-refractivity contribution in [3.63, 3.8) is 0 Å². The first-order valence-electron chi connectivity index (χ1n) is 10.7. The van der Waals surface area contributed by atoms with Crippen molar-refractivity contribution >= 4 is 29.0 Å². The molecule has 0 unspecified atom stereocenters. The molecule has 0 saturated carbocycles. The van der Waals surface area contributed by atoms with Crippen LogP contribution in [0.25, 0.3) is 5.69 Å². The number of pyridine rings is 1. The van der Waals surface area contributed by atoms with Crippen LogP contribution in [0.15, 0.2) is 71.7 Å². The number of benzene rings is 2. The van der Waals surface area contributed by atoms with E-state index in [1.807, 2.05) is 37.3 Å². The molecule has 0 aliphatic heterocycles. The van der Waals surface area contributed by atoms with E-state index >= 15 is 0 Å². The summed E-state index contributed by atoms with van der Waals surface area (Å²) < 4.78 is 8.98. The smallest absolute Gasteiger partial charge is 0.284 e. The molecule has 9 heteroatoms. The molecule has 174 valence electrons. The van der Waals surface area contributed by atoms with Crippen LogP contribution in [0.3, 0.4) is 0 Å². The Morgan fingerprint density at radius 1 is 1.09 bits per heavy atom. The Balaban J connectivity index is 1.55. The van der Waals surface area contributed by atoms with E-state index < -0.39 is 11.5 Å². The molecule has 0 aliphatic rings. The minimum atomic E-state index is -0.534. The van der Waals surface area contributed by atoms with Gasteiger partial charge in [-0.25, -0.2) is 9.67 Å². The lowest BCUT2D eigenvalue weighted by Gasteiger charge is -2.11. The van der Waals surface area contributed by atoms with Crippen LogP contribution in [0.2, 0.25) is 5.02 Å². The first kappa shape index (κ1) is 23.1. The Kier molecular flexibility index (Phi) is 6.70. The molecule has 4 rings (SSSR count). The van der Waals surface area contributed by atoms with Crippen LogP contribution in [0, 0.1) is 6.92 Å². The van der Waals surface area contributed by atoms with E-state index in [1.54, 1.807) is 55.2 Å². The topological polar surface area (TPSA) is 90.2 Å². The van der Waals surface area contributed by atoms with Gasteiger partial charge in [-0.15, -0.1) is 0 Å². The number of anilines is 2. The van der Waals surface area contributed by atoms with Crippen molar-refractivity contribution in [1.29, 1.82) is 0 Å². The van der Waals surface area contributed by atoms with Crippen LogP contribution in [0.4, 0.5) is 11.5 Å². The zero-order chi connectivity index (χ0) is 24.2. The Morgan fingerprint density at radius 2 is 1.82 bits per heavy atom. The molecule has 2 heterocycles. The lowest BCUT2D eigenvalue weighted by atomic mass is 10.2. The lowest BCUT2D eigenvalue weighted by molar-refractivity contribution is 0.102. The number of hydrogen-bond acceptors (Lipinski definition) is 5. The fraction of sp³-hybridized carbons (Fsp3) is 0.160. The molecule has 0 fully saturated rings. The van der Waals surface area contributed by atoms with Crippen molar-refractivity contribution < 1.29 is 9.53 Å². The molecule has 34 heavy (non-hydrogen) atoms. The van der Waals surface area contributed by atoms with E-state index in [1.165, 1.54) is 4.68 Å². The third-order valence-corrected chi connectivity index (χ3v) is 5.61. The molecule has 0 spiro atoms. The number of carbonyl (C=O) groups is 1. The summed E-state index contributed by atoms with van der Waals surface area (Å²) in [7, 11) is 1.74. The molecule has 2 N–H and O–H groups in total. The van der Waals surface area contributed by atoms with Gasteiger partial charge in [0.2, 0.25) is 0 Å². The van der Waals surface area contributed by atoms with Crippen molar-refractivity contribution in [3.8, 4) is 17.2 Å². The van der Waals surface area contributed by atoms with Gasteiger partial charge in [-0.1, -0.05) is 29.8 Å². The van der Waals surface area contributed by atoms with Crippen LogP contribution in [0.1, 0.15) is 23.0 Å². The van der Waals surface area contributed by atoms with E-state index in [0.29, 0.717) is 34.4 Å². The summed E-state index contributed by atoms with van der Waals surface area (Å²) in [5, 5.41) is 6.15. The zero-order valence-electron chi connectivity index (χ0n) is 19.0. The second-order valence-electron chi connectivity index (χ2n) is 7.54. The van der Waals surface area contributed by atoms with Crippen LogP contribution < -0.4 is 20.9 Å². The maximum Gasteiger partial charge on any atom is 0.284 e. The fourth-order valence-electron chi connectivity index (χ4n) is 3.56. The van der Waals surface area contributed by atoms with Crippen molar-refractivity contribution in [2.45, 2.75) is 13.8 Å². The largest absolute Gasteiger partial charge is 0.457 e. The molecule has 0 aliphatic carbocycles. The summed E-state index contributed by atoms with van der Waals surface area (Å²) in [6.07, 6.45) is 1.65. The second-order valence-corrected chi connectivity index (χ2v) is 7.95. The van der Waals surface area contributed by atoms with Gasteiger partial charge in [0.1, 0.15) is 22.9 Å². The molecule has 1 amide bonds. The molecular weight excluding hydrogens is 454 g/mol. The van der Waals surface area contributed by atoms with Gasteiger partial charge in [0.25, 0.3) is 11.5 Å². The highest BCUT2D eigenvalue weighted by molar-refractivity contribution is 6.34. The number of hydrogen-bond donors (Lipinski definition) is 2. The molecule has 0 radical (unpaired) electrons. The average molecular weight is 478 g/mol. The quantitative estimate of drug-likeness (QED) is 0.390. The number of para-hydroxylation sites is 1. The highest BCUT2D eigenvalue weighted by Crippen LogP contribution is 2.30. The zero-order valence-corrected chi connectivity index (χ0v) is 19.8. The monoisotopic (exact) mass is 477 g/mol. The van der Waals surface area contributed by atoms with E-state index in [4.69, 9.17) is 16.3 Å². The Bertz CT molecular complexity index is 1400. The average Bonchev–Trinajstić information content (AvgIpc) is 3.04. The van der Waals surface area contributed by atoms with E-state index in [2.05, 4.69) is 15.6 Å². The van der Waals surface area contributed by atoms with Gasteiger partial charge in [0, 0.05) is 31.9 Å². The van der Waals surface area contributed by atoms with Gasteiger partial charge in [-0.3, -0.25) is 14.3 Å². The van der Waals surface area contributed by atoms with Crippen LogP contribution >= 0.6 is 11.6 Å². The summed E-state index contributed by atoms with van der Waals surface area (Å²) in [5.41, 5.74) is 1.22. The second kappa shape index (κ2) is 9.84. The van der Waals surface area contributed by atoms with E-state index in [9.17, 15) is 9.59 Å². The minimum absolute atomic E-state index is 0.0514.